The van der Waals surface area contributed by atoms with Crippen LogP contribution < -0.4 is 5.32 Å². The zero-order chi connectivity index (χ0) is 14.4. The van der Waals surface area contributed by atoms with Crippen molar-refractivity contribution in [2.24, 2.45) is 17.8 Å². The predicted octanol–water partition coefficient (Wildman–Crippen LogP) is 3.69. The van der Waals surface area contributed by atoms with Gasteiger partial charge in [0.25, 0.3) is 0 Å². The van der Waals surface area contributed by atoms with Gasteiger partial charge >= 0.3 is 0 Å². The smallest absolute Gasteiger partial charge is 0.224 e. The standard InChI is InChI=1S/C17H18FNOS/c18-12-3-4-16-14(9-12)15(5-6-21-16)19-17(20)13-8-10-1-2-11(13)7-10/h1-4,9-11,13,15H,5-8H2,(H,19,20)/t10-,11-,13+,15-/m0/s1. The van der Waals surface area contributed by atoms with Gasteiger partial charge in [-0.15, -0.1) is 11.8 Å². The van der Waals surface area contributed by atoms with Crippen LogP contribution in [0.2, 0.25) is 0 Å². The molecule has 0 spiro atoms. The number of fused-ring (bicyclic) bond motifs is 3. The molecule has 110 valence electrons. The molecule has 4 heteroatoms. The minimum absolute atomic E-state index is 0.0347. The van der Waals surface area contributed by atoms with Gasteiger partial charge in [-0.25, -0.2) is 4.39 Å². The van der Waals surface area contributed by atoms with E-state index in [0.717, 1.165) is 35.5 Å². The number of thioether (sulfide) groups is 1. The first-order valence-corrected chi connectivity index (χ1v) is 8.60. The quantitative estimate of drug-likeness (QED) is 0.844. The largest absolute Gasteiger partial charge is 0.349 e. The van der Waals surface area contributed by atoms with Crippen LogP contribution in [0.5, 0.6) is 0 Å². The second-order valence-corrected chi connectivity index (χ2v) is 7.40. The first kappa shape index (κ1) is 13.4. The molecule has 4 rings (SSSR count). The third-order valence-corrected chi connectivity index (χ3v) is 6.07. The first-order chi connectivity index (χ1) is 10.2. The van der Waals surface area contributed by atoms with Crippen LogP contribution in [0.1, 0.15) is 30.9 Å². The normalized spacial score (nSPS) is 33.0. The van der Waals surface area contributed by atoms with E-state index in [1.165, 1.54) is 6.07 Å². The highest BCUT2D eigenvalue weighted by Gasteiger charge is 2.40. The lowest BCUT2D eigenvalue weighted by Gasteiger charge is -2.28. The van der Waals surface area contributed by atoms with Crippen LogP contribution in [0.4, 0.5) is 4.39 Å². The van der Waals surface area contributed by atoms with Crippen molar-refractivity contribution < 1.29 is 9.18 Å². The number of rotatable bonds is 2. The maximum atomic E-state index is 13.5. The van der Waals surface area contributed by atoms with Crippen molar-refractivity contribution >= 4 is 17.7 Å². The first-order valence-electron chi connectivity index (χ1n) is 7.61. The molecule has 0 radical (unpaired) electrons. The molecular weight excluding hydrogens is 285 g/mol. The molecule has 0 saturated heterocycles. The van der Waals surface area contributed by atoms with Crippen LogP contribution in [-0.4, -0.2) is 11.7 Å². The summed E-state index contributed by atoms with van der Waals surface area (Å²) in [6.45, 7) is 0. The second kappa shape index (κ2) is 5.16. The Morgan fingerprint density at radius 2 is 2.19 bits per heavy atom. The molecule has 2 nitrogen and oxygen atoms in total. The van der Waals surface area contributed by atoms with Crippen molar-refractivity contribution in [2.75, 3.05) is 5.75 Å². The number of allylic oxidation sites excluding steroid dienone is 2. The van der Waals surface area contributed by atoms with E-state index < -0.39 is 0 Å². The molecule has 0 aromatic heterocycles. The molecule has 21 heavy (non-hydrogen) atoms. The summed E-state index contributed by atoms with van der Waals surface area (Å²) in [5, 5.41) is 3.18. The average molecular weight is 303 g/mol. The van der Waals surface area contributed by atoms with Gasteiger partial charge in [0, 0.05) is 16.6 Å². The number of nitrogens with one attached hydrogen (secondary N) is 1. The molecule has 1 N–H and O–H groups in total. The van der Waals surface area contributed by atoms with Crippen LogP contribution in [0.15, 0.2) is 35.2 Å². The Labute approximate surface area is 128 Å². The number of carbonyl (C=O) groups is 1. The van der Waals surface area contributed by atoms with Gasteiger partial charge in [0.2, 0.25) is 5.91 Å². The fourth-order valence-corrected chi connectivity index (χ4v) is 4.98. The lowest BCUT2D eigenvalue weighted by molar-refractivity contribution is -0.126. The molecule has 1 heterocycles. The Morgan fingerprint density at radius 1 is 1.29 bits per heavy atom. The third kappa shape index (κ3) is 2.39. The third-order valence-electron chi connectivity index (χ3n) is 4.94. The summed E-state index contributed by atoms with van der Waals surface area (Å²) in [6, 6.07) is 4.87. The average Bonchev–Trinajstić information content (AvgIpc) is 3.10. The molecule has 1 saturated carbocycles. The molecule has 1 aromatic rings. The molecule has 3 aliphatic rings. The minimum atomic E-state index is -0.224. The molecule has 1 fully saturated rings. The van der Waals surface area contributed by atoms with E-state index in [1.54, 1.807) is 17.8 Å². The van der Waals surface area contributed by atoms with E-state index in [4.69, 9.17) is 0 Å². The lowest BCUT2D eigenvalue weighted by Crippen LogP contribution is -2.36. The number of amides is 1. The van der Waals surface area contributed by atoms with Gasteiger partial charge in [0.1, 0.15) is 5.82 Å². The highest BCUT2D eigenvalue weighted by atomic mass is 32.2. The molecule has 1 aromatic carbocycles. The number of hydrogen-bond donors (Lipinski definition) is 1. The summed E-state index contributed by atoms with van der Waals surface area (Å²) in [7, 11) is 0. The van der Waals surface area contributed by atoms with Crippen LogP contribution >= 0.6 is 11.8 Å². The van der Waals surface area contributed by atoms with E-state index in [0.29, 0.717) is 11.8 Å². The molecule has 4 atom stereocenters. The Morgan fingerprint density at radius 3 is 2.95 bits per heavy atom. The summed E-state index contributed by atoms with van der Waals surface area (Å²) >= 11 is 1.74. The van der Waals surface area contributed by atoms with Gasteiger partial charge in [-0.2, -0.15) is 0 Å². The summed E-state index contributed by atoms with van der Waals surface area (Å²) < 4.78 is 13.5. The van der Waals surface area contributed by atoms with Crippen molar-refractivity contribution in [3.8, 4) is 0 Å². The molecule has 1 amide bonds. The minimum Gasteiger partial charge on any atom is -0.349 e. The topological polar surface area (TPSA) is 29.1 Å². The van der Waals surface area contributed by atoms with E-state index in [-0.39, 0.29) is 23.7 Å². The number of halogens is 1. The van der Waals surface area contributed by atoms with Crippen LogP contribution in [0.3, 0.4) is 0 Å². The number of carbonyl (C=O) groups excluding carboxylic acids is 1. The maximum Gasteiger partial charge on any atom is 0.224 e. The highest BCUT2D eigenvalue weighted by Crippen LogP contribution is 2.44. The zero-order valence-corrected chi connectivity index (χ0v) is 12.5. The van der Waals surface area contributed by atoms with Crippen molar-refractivity contribution in [1.29, 1.82) is 0 Å². The van der Waals surface area contributed by atoms with Crippen LogP contribution in [-0.2, 0) is 4.79 Å². The fraction of sp³-hybridized carbons (Fsp3) is 0.471. The van der Waals surface area contributed by atoms with Crippen molar-refractivity contribution in [3.63, 3.8) is 0 Å². The van der Waals surface area contributed by atoms with E-state index in [1.807, 2.05) is 6.07 Å². The van der Waals surface area contributed by atoms with Crippen molar-refractivity contribution in [1.82, 2.24) is 5.32 Å². The van der Waals surface area contributed by atoms with Gasteiger partial charge in [0.05, 0.1) is 6.04 Å². The fourth-order valence-electron chi connectivity index (χ4n) is 3.88. The second-order valence-electron chi connectivity index (χ2n) is 6.27. The molecular formula is C17H18FNOS. The monoisotopic (exact) mass is 303 g/mol. The zero-order valence-electron chi connectivity index (χ0n) is 11.7. The van der Waals surface area contributed by atoms with Crippen molar-refractivity contribution in [2.45, 2.75) is 30.2 Å². The summed E-state index contributed by atoms with van der Waals surface area (Å²) in [6.07, 6.45) is 7.43. The van der Waals surface area contributed by atoms with Gasteiger partial charge in [0.15, 0.2) is 0 Å². The van der Waals surface area contributed by atoms with Crippen molar-refractivity contribution in [3.05, 3.63) is 41.7 Å². The van der Waals surface area contributed by atoms with E-state index >= 15 is 0 Å². The summed E-state index contributed by atoms with van der Waals surface area (Å²) in [4.78, 5) is 13.7. The molecule has 1 aliphatic heterocycles. The Bertz CT molecular complexity index is 615. The summed E-state index contributed by atoms with van der Waals surface area (Å²) in [5.41, 5.74) is 0.943. The maximum absolute atomic E-state index is 13.5. The van der Waals surface area contributed by atoms with Gasteiger partial charge < -0.3 is 5.32 Å². The number of hydrogen-bond acceptors (Lipinski definition) is 2. The van der Waals surface area contributed by atoms with Gasteiger partial charge in [-0.3, -0.25) is 4.79 Å². The van der Waals surface area contributed by atoms with E-state index in [2.05, 4.69) is 17.5 Å². The Kier molecular flexibility index (Phi) is 3.29. The summed E-state index contributed by atoms with van der Waals surface area (Å²) in [5.74, 6) is 2.03. The predicted molar refractivity (Wildman–Crippen MR) is 81.5 cm³/mol. The SMILES string of the molecule is O=C(N[C@H]1CCSc2ccc(F)cc21)[C@@H]1C[C@H]2C=C[C@H]1C2. The highest BCUT2D eigenvalue weighted by molar-refractivity contribution is 7.99. The molecule has 2 aliphatic carbocycles. The van der Waals surface area contributed by atoms with Crippen LogP contribution in [0.25, 0.3) is 0 Å². The number of benzene rings is 1. The molecule has 0 unspecified atom stereocenters. The lowest BCUT2D eigenvalue weighted by atomic mass is 9.92. The Hall–Kier alpha value is -1.29. The van der Waals surface area contributed by atoms with Gasteiger partial charge in [-0.05, 0) is 54.9 Å². The van der Waals surface area contributed by atoms with E-state index in [9.17, 15) is 9.18 Å². The Balaban J connectivity index is 1.52. The van der Waals surface area contributed by atoms with Gasteiger partial charge in [-0.1, -0.05) is 12.2 Å². The van der Waals surface area contributed by atoms with Crippen LogP contribution in [0, 0.1) is 23.6 Å². The molecule has 2 bridgehead atoms.